The van der Waals surface area contributed by atoms with Gasteiger partial charge in [-0.25, -0.2) is 4.68 Å². The number of aromatic nitrogens is 3. The van der Waals surface area contributed by atoms with Crippen molar-refractivity contribution >= 4 is 29.2 Å². The van der Waals surface area contributed by atoms with E-state index in [1.54, 1.807) is 39.5 Å². The van der Waals surface area contributed by atoms with Crippen molar-refractivity contribution in [2.75, 3.05) is 4.72 Å². The van der Waals surface area contributed by atoms with E-state index in [9.17, 15) is 4.79 Å². The lowest BCUT2D eigenvalue weighted by molar-refractivity contribution is 0.648. The number of nitrogens with zero attached hydrogens (tertiary/aromatic N) is 3. The van der Waals surface area contributed by atoms with Gasteiger partial charge in [-0.2, -0.15) is 5.10 Å². The summed E-state index contributed by atoms with van der Waals surface area (Å²) in [7, 11) is 0. The number of aryl methyl sites for hydroxylation is 1. The van der Waals surface area contributed by atoms with Crippen LogP contribution in [0.3, 0.4) is 0 Å². The molecule has 2 heterocycles. The van der Waals surface area contributed by atoms with Crippen molar-refractivity contribution < 1.29 is 0 Å². The molecule has 1 aliphatic rings. The second-order valence-electron chi connectivity index (χ2n) is 6.71. The van der Waals surface area contributed by atoms with E-state index in [1.807, 2.05) is 30.6 Å². The molecule has 5 nitrogen and oxygen atoms in total. The third kappa shape index (κ3) is 4.22. The molecule has 0 amide bonds. The minimum atomic E-state index is 0.00294. The molecule has 1 N–H and O–H groups in total. The molecular weight excluding hydrogens is 380 g/mol. The van der Waals surface area contributed by atoms with E-state index in [4.69, 9.17) is 11.6 Å². The zero-order chi connectivity index (χ0) is 18.8. The number of benzene rings is 1. The lowest BCUT2D eigenvalue weighted by Gasteiger charge is -2.08. The van der Waals surface area contributed by atoms with Crippen LogP contribution in [0.1, 0.15) is 26.2 Å². The van der Waals surface area contributed by atoms with Gasteiger partial charge in [0.1, 0.15) is 0 Å². The van der Waals surface area contributed by atoms with Crippen molar-refractivity contribution in [3.63, 3.8) is 0 Å². The molecule has 0 unspecified atom stereocenters. The van der Waals surface area contributed by atoms with Crippen molar-refractivity contribution in [1.82, 2.24) is 14.3 Å². The second-order valence-corrected chi connectivity index (χ2v) is 8.22. The molecule has 2 aromatic heterocycles. The van der Waals surface area contributed by atoms with Gasteiger partial charge < -0.3 is 9.29 Å². The normalized spacial score (nSPS) is 13.7. The maximum Gasteiger partial charge on any atom is 0.250 e. The fourth-order valence-corrected chi connectivity index (χ4v) is 3.91. The first-order valence-corrected chi connectivity index (χ1v) is 10.4. The molecule has 1 aliphatic carbocycles. The summed E-state index contributed by atoms with van der Waals surface area (Å²) in [5, 5.41) is 5.87. The molecule has 140 valence electrons. The molecule has 1 fully saturated rings. The third-order valence-corrected chi connectivity index (χ3v) is 5.90. The molecule has 0 radical (unpaired) electrons. The number of rotatable bonds is 7. The van der Waals surface area contributed by atoms with Crippen molar-refractivity contribution in [1.29, 1.82) is 0 Å². The van der Waals surface area contributed by atoms with Gasteiger partial charge in [0.15, 0.2) is 0 Å². The highest BCUT2D eigenvalue weighted by Gasteiger charge is 2.22. The molecule has 0 saturated heterocycles. The van der Waals surface area contributed by atoms with E-state index in [0.717, 1.165) is 34.2 Å². The molecule has 0 spiro atoms. The van der Waals surface area contributed by atoms with E-state index in [2.05, 4.69) is 16.7 Å². The monoisotopic (exact) mass is 400 g/mol. The van der Waals surface area contributed by atoms with Gasteiger partial charge in [-0.15, -0.1) is 0 Å². The van der Waals surface area contributed by atoms with E-state index in [-0.39, 0.29) is 5.56 Å². The van der Waals surface area contributed by atoms with Crippen LogP contribution in [0.2, 0.25) is 5.02 Å². The largest absolute Gasteiger partial charge is 0.329 e. The standard InChI is InChI=1S/C20H21ClN4OS/c1-2-9-24-13-16(4-8-20(24)26)25-12-14(11-22-25)18-7-3-15(10-19(18)21)23-27-17-5-6-17/h3-4,7-8,10-13,17,23H,2,5-6,9H2,1H3. The highest BCUT2D eigenvalue weighted by atomic mass is 35.5. The Labute approximate surface area is 167 Å². The molecule has 3 aromatic rings. The van der Waals surface area contributed by atoms with Crippen molar-refractivity contribution in [3.8, 4) is 16.8 Å². The summed E-state index contributed by atoms with van der Waals surface area (Å²) in [6.45, 7) is 2.74. The van der Waals surface area contributed by atoms with E-state index in [1.165, 1.54) is 12.8 Å². The lowest BCUT2D eigenvalue weighted by Crippen LogP contribution is -2.19. The minimum absolute atomic E-state index is 0.00294. The van der Waals surface area contributed by atoms with Gasteiger partial charge in [0.05, 0.1) is 16.9 Å². The van der Waals surface area contributed by atoms with Crippen LogP contribution < -0.4 is 10.3 Å². The zero-order valence-electron chi connectivity index (χ0n) is 15.1. The van der Waals surface area contributed by atoms with E-state index >= 15 is 0 Å². The summed E-state index contributed by atoms with van der Waals surface area (Å²) in [4.78, 5) is 11.9. The Kier molecular flexibility index (Phi) is 5.27. The molecular formula is C20H21ClN4OS. The van der Waals surface area contributed by atoms with Crippen LogP contribution in [0, 0.1) is 0 Å². The topological polar surface area (TPSA) is 51.9 Å². The summed E-state index contributed by atoms with van der Waals surface area (Å²) < 4.78 is 6.84. The van der Waals surface area contributed by atoms with Gasteiger partial charge in [0.2, 0.25) is 0 Å². The highest BCUT2D eigenvalue weighted by Crippen LogP contribution is 2.36. The minimum Gasteiger partial charge on any atom is -0.329 e. The van der Waals surface area contributed by atoms with Crippen LogP contribution in [0.5, 0.6) is 0 Å². The first-order chi connectivity index (χ1) is 13.1. The molecule has 7 heteroatoms. The smallest absolute Gasteiger partial charge is 0.250 e. The van der Waals surface area contributed by atoms with Gasteiger partial charge in [0, 0.05) is 47.1 Å². The number of hydrogen-bond donors (Lipinski definition) is 1. The molecule has 4 rings (SSSR count). The van der Waals surface area contributed by atoms with E-state index in [0.29, 0.717) is 11.6 Å². The average molecular weight is 401 g/mol. The maximum absolute atomic E-state index is 11.9. The summed E-state index contributed by atoms with van der Waals surface area (Å²) in [6, 6.07) is 9.37. The average Bonchev–Trinajstić information content (AvgIpc) is 3.37. The Hall–Kier alpha value is -2.18. The molecule has 0 bridgehead atoms. The highest BCUT2D eigenvalue weighted by molar-refractivity contribution is 8.01. The maximum atomic E-state index is 11.9. The molecule has 0 atom stereocenters. The van der Waals surface area contributed by atoms with Gasteiger partial charge >= 0.3 is 0 Å². The van der Waals surface area contributed by atoms with E-state index < -0.39 is 0 Å². The predicted octanol–water partition coefficient (Wildman–Crippen LogP) is 4.99. The molecule has 1 saturated carbocycles. The Bertz CT molecular complexity index is 1010. The van der Waals surface area contributed by atoms with Gasteiger partial charge in [-0.3, -0.25) is 4.79 Å². The summed E-state index contributed by atoms with van der Waals surface area (Å²) in [5.74, 6) is 0. The molecule has 1 aromatic carbocycles. The van der Waals surface area contributed by atoms with Crippen LogP contribution in [-0.4, -0.2) is 19.6 Å². The first kappa shape index (κ1) is 18.2. The van der Waals surface area contributed by atoms with Crippen molar-refractivity contribution in [3.05, 3.63) is 64.3 Å². The number of nitrogens with one attached hydrogen (secondary N) is 1. The fourth-order valence-electron chi connectivity index (χ4n) is 2.82. The summed E-state index contributed by atoms with van der Waals surface area (Å²) in [5.41, 5.74) is 3.74. The zero-order valence-corrected chi connectivity index (χ0v) is 16.6. The Morgan fingerprint density at radius 3 is 2.85 bits per heavy atom. The van der Waals surface area contributed by atoms with Gasteiger partial charge in [0.25, 0.3) is 5.56 Å². The second kappa shape index (κ2) is 7.82. The molecule has 27 heavy (non-hydrogen) atoms. The van der Waals surface area contributed by atoms with Crippen molar-refractivity contribution in [2.24, 2.45) is 0 Å². The van der Waals surface area contributed by atoms with Gasteiger partial charge in [-0.1, -0.05) is 24.6 Å². The number of anilines is 1. The third-order valence-electron chi connectivity index (χ3n) is 4.43. The number of pyridine rings is 1. The Balaban J connectivity index is 1.57. The van der Waals surface area contributed by atoms with Crippen molar-refractivity contribution in [2.45, 2.75) is 38.0 Å². The quantitative estimate of drug-likeness (QED) is 0.568. The SMILES string of the molecule is CCCn1cc(-n2cc(-c3ccc(NSC4CC4)cc3Cl)cn2)ccc1=O. The lowest BCUT2D eigenvalue weighted by atomic mass is 10.1. The Morgan fingerprint density at radius 2 is 2.11 bits per heavy atom. The van der Waals surface area contributed by atoms with Crippen LogP contribution in [0.15, 0.2) is 53.7 Å². The van der Waals surface area contributed by atoms with Crippen LogP contribution >= 0.6 is 23.5 Å². The summed E-state index contributed by atoms with van der Waals surface area (Å²) in [6.07, 6.45) is 9.05. The first-order valence-electron chi connectivity index (χ1n) is 9.11. The van der Waals surface area contributed by atoms with Gasteiger partial charge in [-0.05, 0) is 49.4 Å². The fraction of sp³-hybridized carbons (Fsp3) is 0.300. The summed E-state index contributed by atoms with van der Waals surface area (Å²) >= 11 is 8.27. The predicted molar refractivity (Wildman–Crippen MR) is 113 cm³/mol. The van der Waals surface area contributed by atoms with Crippen LogP contribution in [0.4, 0.5) is 5.69 Å². The Morgan fingerprint density at radius 1 is 1.26 bits per heavy atom. The van der Waals surface area contributed by atoms with Crippen LogP contribution in [0.25, 0.3) is 16.8 Å². The number of halogens is 1. The van der Waals surface area contributed by atoms with Crippen LogP contribution in [-0.2, 0) is 6.54 Å². The number of hydrogen-bond acceptors (Lipinski definition) is 4. The molecule has 0 aliphatic heterocycles.